The van der Waals surface area contributed by atoms with Gasteiger partial charge in [0.1, 0.15) is 0 Å². The summed E-state index contributed by atoms with van der Waals surface area (Å²) in [6.07, 6.45) is 5.45. The summed E-state index contributed by atoms with van der Waals surface area (Å²) < 4.78 is 0. The van der Waals surface area contributed by atoms with Crippen LogP contribution in [0.15, 0.2) is 0 Å². The van der Waals surface area contributed by atoms with E-state index in [0.717, 1.165) is 38.6 Å². The van der Waals surface area contributed by atoms with Crippen LogP contribution in [0, 0.1) is 11.8 Å². The van der Waals surface area contributed by atoms with E-state index in [1.54, 1.807) is 0 Å². The van der Waals surface area contributed by atoms with Crippen molar-refractivity contribution in [1.29, 1.82) is 0 Å². The first kappa shape index (κ1) is 15.3. The number of carbonyl (C=O) groups excluding carboxylic acids is 2. The second kappa shape index (κ2) is 7.07. The predicted molar refractivity (Wildman–Crippen MR) is 77.9 cm³/mol. The van der Waals surface area contributed by atoms with Gasteiger partial charge >= 0.3 is 0 Å². The lowest BCUT2D eigenvalue weighted by Crippen LogP contribution is -2.48. The third-order valence-corrected chi connectivity index (χ3v) is 4.84. The van der Waals surface area contributed by atoms with E-state index >= 15 is 0 Å². The van der Waals surface area contributed by atoms with E-state index in [4.69, 9.17) is 5.73 Å². The number of hydrogen-bond donors (Lipinski definition) is 2. The largest absolute Gasteiger partial charge is 0.354 e. The highest BCUT2D eigenvalue weighted by atomic mass is 16.2. The number of nitrogens with two attached hydrogens (primary N) is 1. The maximum Gasteiger partial charge on any atom is 0.225 e. The number of nitrogens with zero attached hydrogens (tertiary/aromatic N) is 1. The highest BCUT2D eigenvalue weighted by Gasteiger charge is 2.42. The van der Waals surface area contributed by atoms with Crippen molar-refractivity contribution in [3.05, 3.63) is 0 Å². The van der Waals surface area contributed by atoms with Gasteiger partial charge in [-0.2, -0.15) is 0 Å². The smallest absolute Gasteiger partial charge is 0.225 e. The summed E-state index contributed by atoms with van der Waals surface area (Å²) in [7, 11) is 0. The van der Waals surface area contributed by atoms with Gasteiger partial charge < -0.3 is 16.0 Å². The van der Waals surface area contributed by atoms with Gasteiger partial charge in [-0.05, 0) is 38.1 Å². The van der Waals surface area contributed by atoms with Gasteiger partial charge in [-0.15, -0.1) is 0 Å². The normalized spacial score (nSPS) is 27.1. The summed E-state index contributed by atoms with van der Waals surface area (Å²) >= 11 is 0. The number of nitrogens with one attached hydrogen (secondary N) is 1. The Labute approximate surface area is 121 Å². The standard InChI is InChI=1S/C15H27N3O2/c1-2-11(7-8-16)5-6-14(19)18-9-3-4-12-13(18)10-17-15(12)20/h11-13H,2-10,16H2,1H3,(H,17,20). The minimum Gasteiger partial charge on any atom is -0.354 e. The van der Waals surface area contributed by atoms with Crippen molar-refractivity contribution in [2.24, 2.45) is 17.6 Å². The van der Waals surface area contributed by atoms with Crippen LogP contribution in [-0.2, 0) is 9.59 Å². The van der Waals surface area contributed by atoms with Gasteiger partial charge in [-0.25, -0.2) is 0 Å². The predicted octanol–water partition coefficient (Wildman–Crippen LogP) is 0.879. The lowest BCUT2D eigenvalue weighted by atomic mass is 9.90. The van der Waals surface area contributed by atoms with Crippen LogP contribution in [0.1, 0.15) is 45.4 Å². The summed E-state index contributed by atoms with van der Waals surface area (Å²) in [5, 5.41) is 2.89. The SMILES string of the molecule is CCC(CCN)CCC(=O)N1CCCC2C(=O)NCC21. The van der Waals surface area contributed by atoms with E-state index in [2.05, 4.69) is 12.2 Å². The number of rotatable bonds is 6. The molecule has 0 saturated carbocycles. The number of piperidine rings is 1. The molecule has 0 aliphatic carbocycles. The molecule has 0 aromatic carbocycles. The minimum atomic E-state index is 0.0266. The molecule has 2 saturated heterocycles. The van der Waals surface area contributed by atoms with Gasteiger partial charge in [0, 0.05) is 19.5 Å². The fourth-order valence-electron chi connectivity index (χ4n) is 3.52. The molecule has 0 aromatic rings. The molecule has 2 rings (SSSR count). The number of hydrogen-bond acceptors (Lipinski definition) is 3. The molecule has 2 fully saturated rings. The van der Waals surface area contributed by atoms with Crippen LogP contribution in [0.2, 0.25) is 0 Å². The number of amides is 2. The van der Waals surface area contributed by atoms with Crippen LogP contribution in [-0.4, -0.2) is 42.4 Å². The third kappa shape index (κ3) is 3.32. The zero-order chi connectivity index (χ0) is 14.5. The van der Waals surface area contributed by atoms with Gasteiger partial charge in [-0.1, -0.05) is 13.3 Å². The van der Waals surface area contributed by atoms with Crippen molar-refractivity contribution in [1.82, 2.24) is 10.2 Å². The monoisotopic (exact) mass is 281 g/mol. The van der Waals surface area contributed by atoms with E-state index in [0.29, 0.717) is 25.4 Å². The fraction of sp³-hybridized carbons (Fsp3) is 0.867. The maximum atomic E-state index is 12.4. The summed E-state index contributed by atoms with van der Waals surface area (Å²) in [5.41, 5.74) is 5.60. The Hall–Kier alpha value is -1.10. The number of likely N-dealkylation sites (tertiary alicyclic amines) is 1. The quantitative estimate of drug-likeness (QED) is 0.759. The van der Waals surface area contributed by atoms with Gasteiger partial charge in [0.15, 0.2) is 0 Å². The first-order valence-electron chi connectivity index (χ1n) is 7.94. The van der Waals surface area contributed by atoms with E-state index < -0.39 is 0 Å². The van der Waals surface area contributed by atoms with Crippen molar-refractivity contribution < 1.29 is 9.59 Å². The molecule has 0 spiro atoms. The highest BCUT2D eigenvalue weighted by Crippen LogP contribution is 2.28. The molecule has 5 nitrogen and oxygen atoms in total. The molecular formula is C15H27N3O2. The Bertz CT molecular complexity index is 359. The van der Waals surface area contributed by atoms with Crippen LogP contribution in [0.4, 0.5) is 0 Å². The number of carbonyl (C=O) groups is 2. The van der Waals surface area contributed by atoms with Crippen LogP contribution < -0.4 is 11.1 Å². The molecule has 3 unspecified atom stereocenters. The lowest BCUT2D eigenvalue weighted by Gasteiger charge is -2.36. The summed E-state index contributed by atoms with van der Waals surface area (Å²) in [6.45, 7) is 4.29. The Morgan fingerprint density at radius 2 is 2.30 bits per heavy atom. The van der Waals surface area contributed by atoms with Gasteiger partial charge in [0.25, 0.3) is 0 Å². The highest BCUT2D eigenvalue weighted by molar-refractivity contribution is 5.84. The van der Waals surface area contributed by atoms with E-state index in [9.17, 15) is 9.59 Å². The second-order valence-corrected chi connectivity index (χ2v) is 6.04. The number of fused-ring (bicyclic) bond motifs is 1. The summed E-state index contributed by atoms with van der Waals surface area (Å²) in [6, 6.07) is 0.0957. The molecule has 0 aromatic heterocycles. The molecule has 3 atom stereocenters. The van der Waals surface area contributed by atoms with E-state index in [1.807, 2.05) is 4.90 Å². The van der Waals surface area contributed by atoms with Crippen LogP contribution in [0.5, 0.6) is 0 Å². The van der Waals surface area contributed by atoms with E-state index in [-0.39, 0.29) is 23.8 Å². The van der Waals surface area contributed by atoms with Crippen LogP contribution in [0.3, 0.4) is 0 Å². The van der Waals surface area contributed by atoms with Crippen molar-refractivity contribution in [2.45, 2.75) is 51.5 Å². The zero-order valence-electron chi connectivity index (χ0n) is 12.4. The van der Waals surface area contributed by atoms with Gasteiger partial charge in [0.05, 0.1) is 12.0 Å². The van der Waals surface area contributed by atoms with Crippen molar-refractivity contribution >= 4 is 11.8 Å². The molecule has 2 aliphatic rings. The Balaban J connectivity index is 1.87. The average molecular weight is 281 g/mol. The molecule has 0 radical (unpaired) electrons. The Morgan fingerprint density at radius 3 is 3.00 bits per heavy atom. The van der Waals surface area contributed by atoms with Crippen molar-refractivity contribution in [3.63, 3.8) is 0 Å². The topological polar surface area (TPSA) is 75.4 Å². The van der Waals surface area contributed by atoms with Crippen LogP contribution in [0.25, 0.3) is 0 Å². The third-order valence-electron chi connectivity index (χ3n) is 4.84. The Kier molecular flexibility index (Phi) is 5.40. The molecule has 114 valence electrons. The maximum absolute atomic E-state index is 12.4. The Morgan fingerprint density at radius 1 is 1.50 bits per heavy atom. The summed E-state index contributed by atoms with van der Waals surface area (Å²) in [4.78, 5) is 26.1. The molecule has 20 heavy (non-hydrogen) atoms. The molecule has 2 heterocycles. The van der Waals surface area contributed by atoms with E-state index in [1.165, 1.54) is 0 Å². The minimum absolute atomic E-state index is 0.0266. The zero-order valence-corrected chi connectivity index (χ0v) is 12.4. The molecule has 3 N–H and O–H groups in total. The molecular weight excluding hydrogens is 254 g/mol. The van der Waals surface area contributed by atoms with Crippen molar-refractivity contribution in [2.75, 3.05) is 19.6 Å². The first-order chi connectivity index (χ1) is 9.67. The molecule has 2 amide bonds. The second-order valence-electron chi connectivity index (χ2n) is 6.04. The first-order valence-corrected chi connectivity index (χ1v) is 7.94. The molecule has 5 heteroatoms. The average Bonchev–Trinajstić information content (AvgIpc) is 2.85. The lowest BCUT2D eigenvalue weighted by molar-refractivity contribution is -0.137. The van der Waals surface area contributed by atoms with Crippen LogP contribution >= 0.6 is 0 Å². The molecule has 0 bridgehead atoms. The van der Waals surface area contributed by atoms with Crippen molar-refractivity contribution in [3.8, 4) is 0 Å². The summed E-state index contributed by atoms with van der Waals surface area (Å²) in [5.74, 6) is 0.917. The van der Waals surface area contributed by atoms with Gasteiger partial charge in [-0.3, -0.25) is 9.59 Å². The van der Waals surface area contributed by atoms with Gasteiger partial charge in [0.2, 0.25) is 11.8 Å². The fourth-order valence-corrected chi connectivity index (χ4v) is 3.52. The molecule has 2 aliphatic heterocycles.